The van der Waals surface area contributed by atoms with E-state index in [9.17, 15) is 0 Å². The number of anilines is 1. The lowest BCUT2D eigenvalue weighted by molar-refractivity contribution is 0.986. The highest BCUT2D eigenvalue weighted by Crippen LogP contribution is 2.14. The number of nitrogens with zero attached hydrogens (tertiary/aromatic N) is 2. The summed E-state index contributed by atoms with van der Waals surface area (Å²) >= 11 is 0. The van der Waals surface area contributed by atoms with Crippen LogP contribution in [0.1, 0.15) is 0 Å². The van der Waals surface area contributed by atoms with Gasteiger partial charge in [-0.25, -0.2) is 10.8 Å². The molecule has 2 rings (SSSR count). The van der Waals surface area contributed by atoms with Crippen LogP contribution in [-0.4, -0.2) is 19.9 Å². The summed E-state index contributed by atoms with van der Waals surface area (Å²) in [7, 11) is 7.42. The summed E-state index contributed by atoms with van der Waals surface area (Å²) in [6.45, 7) is 0. The Hall–Kier alpha value is -1.55. The van der Waals surface area contributed by atoms with E-state index in [4.69, 9.17) is 13.7 Å². The van der Waals surface area contributed by atoms with Crippen LogP contribution in [0, 0.1) is 0 Å². The van der Waals surface area contributed by atoms with Crippen LogP contribution in [0.25, 0.3) is 10.9 Å². The summed E-state index contributed by atoms with van der Waals surface area (Å²) in [5.74, 6) is 6.31. The SMILES string of the molecule is [B]c1ccc2ccc(N(C)N)nc2c1. The fraction of sp³-hybridized carbons (Fsp3) is 0.100. The second kappa shape index (κ2) is 3.31. The molecule has 0 unspecified atom stereocenters. The van der Waals surface area contributed by atoms with Crippen LogP contribution in [0.4, 0.5) is 5.82 Å². The van der Waals surface area contributed by atoms with Gasteiger partial charge in [0.15, 0.2) is 0 Å². The number of hydrogen-bond acceptors (Lipinski definition) is 3. The van der Waals surface area contributed by atoms with E-state index >= 15 is 0 Å². The maximum Gasteiger partial charge on any atom is 0.142 e. The molecule has 0 fully saturated rings. The van der Waals surface area contributed by atoms with E-state index in [1.165, 1.54) is 5.01 Å². The van der Waals surface area contributed by atoms with Crippen LogP contribution >= 0.6 is 0 Å². The molecule has 0 aliphatic heterocycles. The lowest BCUT2D eigenvalue weighted by atomic mass is 9.95. The Bertz CT molecular complexity index is 468. The normalized spacial score (nSPS) is 10.4. The largest absolute Gasteiger partial charge is 0.298 e. The summed E-state index contributed by atoms with van der Waals surface area (Å²) < 4.78 is 0. The van der Waals surface area contributed by atoms with E-state index < -0.39 is 0 Å². The zero-order valence-electron chi connectivity index (χ0n) is 7.94. The molecule has 1 heterocycles. The van der Waals surface area contributed by atoms with Crippen molar-refractivity contribution < 1.29 is 0 Å². The Morgan fingerprint density at radius 2 is 2.00 bits per heavy atom. The molecule has 1 aromatic carbocycles. The maximum absolute atomic E-state index is 5.67. The summed E-state index contributed by atoms with van der Waals surface area (Å²) in [5, 5.41) is 2.53. The zero-order valence-corrected chi connectivity index (χ0v) is 7.94. The molecule has 0 saturated heterocycles. The number of hydrazine groups is 1. The van der Waals surface area contributed by atoms with Crippen LogP contribution in [0.15, 0.2) is 30.3 Å². The molecule has 0 spiro atoms. The number of fused-ring (bicyclic) bond motifs is 1. The van der Waals surface area contributed by atoms with E-state index in [1.54, 1.807) is 7.05 Å². The number of aromatic nitrogens is 1. The van der Waals surface area contributed by atoms with Crippen molar-refractivity contribution in [3.05, 3.63) is 30.3 Å². The van der Waals surface area contributed by atoms with Gasteiger partial charge >= 0.3 is 0 Å². The molecule has 14 heavy (non-hydrogen) atoms. The number of rotatable bonds is 1. The lowest BCUT2D eigenvalue weighted by Crippen LogP contribution is -2.25. The van der Waals surface area contributed by atoms with Crippen LogP contribution in [0.2, 0.25) is 0 Å². The third-order valence-corrected chi connectivity index (χ3v) is 2.06. The van der Waals surface area contributed by atoms with Gasteiger partial charge in [-0.3, -0.25) is 5.01 Å². The topological polar surface area (TPSA) is 42.1 Å². The van der Waals surface area contributed by atoms with E-state index in [-0.39, 0.29) is 0 Å². The molecule has 0 aliphatic carbocycles. The average molecular weight is 183 g/mol. The highest BCUT2D eigenvalue weighted by Gasteiger charge is 1.99. The van der Waals surface area contributed by atoms with Crippen molar-refractivity contribution in [2.24, 2.45) is 5.84 Å². The molecule has 2 aromatic rings. The van der Waals surface area contributed by atoms with E-state index in [0.29, 0.717) is 5.46 Å². The van der Waals surface area contributed by atoms with Crippen LogP contribution in [0.3, 0.4) is 0 Å². The lowest BCUT2D eigenvalue weighted by Gasteiger charge is -2.11. The van der Waals surface area contributed by atoms with Gasteiger partial charge in [0.25, 0.3) is 0 Å². The smallest absolute Gasteiger partial charge is 0.142 e. The second-order valence-corrected chi connectivity index (χ2v) is 3.23. The predicted octanol–water partition coefficient (Wildman–Crippen LogP) is 0.338. The molecule has 3 nitrogen and oxygen atoms in total. The van der Waals surface area contributed by atoms with Crippen LogP contribution in [-0.2, 0) is 0 Å². The fourth-order valence-corrected chi connectivity index (χ4v) is 1.32. The Labute approximate surface area is 83.9 Å². The van der Waals surface area contributed by atoms with Crippen molar-refractivity contribution in [2.45, 2.75) is 0 Å². The fourth-order valence-electron chi connectivity index (χ4n) is 1.32. The molecule has 2 N–H and O–H groups in total. The highest BCUT2D eigenvalue weighted by molar-refractivity contribution is 6.33. The van der Waals surface area contributed by atoms with Gasteiger partial charge in [-0.05, 0) is 18.2 Å². The third-order valence-electron chi connectivity index (χ3n) is 2.06. The molecular formula is C10H10BN3. The second-order valence-electron chi connectivity index (χ2n) is 3.23. The summed E-state index contributed by atoms with van der Waals surface area (Å²) in [4.78, 5) is 4.36. The minimum Gasteiger partial charge on any atom is -0.298 e. The van der Waals surface area contributed by atoms with Crippen molar-refractivity contribution in [3.8, 4) is 0 Å². The van der Waals surface area contributed by atoms with E-state index in [0.717, 1.165) is 16.7 Å². The molecule has 2 radical (unpaired) electrons. The minimum atomic E-state index is 0.710. The number of nitrogens with two attached hydrogens (primary N) is 1. The number of pyridine rings is 1. The first-order valence-corrected chi connectivity index (χ1v) is 4.31. The van der Waals surface area contributed by atoms with Crippen molar-refractivity contribution in [1.82, 2.24) is 4.98 Å². The zero-order chi connectivity index (χ0) is 10.1. The summed E-state index contributed by atoms with van der Waals surface area (Å²) in [6, 6.07) is 9.48. The predicted molar refractivity (Wildman–Crippen MR) is 59.7 cm³/mol. The molecule has 0 aliphatic rings. The average Bonchev–Trinajstić information content (AvgIpc) is 2.16. The van der Waals surface area contributed by atoms with Gasteiger partial charge in [0.05, 0.1) is 5.52 Å². The van der Waals surface area contributed by atoms with Gasteiger partial charge in [-0.1, -0.05) is 17.6 Å². The Morgan fingerprint density at radius 1 is 1.29 bits per heavy atom. The molecular weight excluding hydrogens is 173 g/mol. The van der Waals surface area contributed by atoms with E-state index in [2.05, 4.69) is 4.98 Å². The quantitative estimate of drug-likeness (QED) is 0.393. The van der Waals surface area contributed by atoms with Gasteiger partial charge in [0.1, 0.15) is 13.7 Å². The summed E-state index contributed by atoms with van der Waals surface area (Å²) in [5.41, 5.74) is 1.57. The third kappa shape index (κ3) is 1.56. The van der Waals surface area contributed by atoms with Crippen molar-refractivity contribution in [1.29, 1.82) is 0 Å². The van der Waals surface area contributed by atoms with Crippen molar-refractivity contribution >= 4 is 30.0 Å². The van der Waals surface area contributed by atoms with Gasteiger partial charge in [0, 0.05) is 12.4 Å². The molecule has 0 atom stereocenters. The van der Waals surface area contributed by atoms with Crippen LogP contribution in [0.5, 0.6) is 0 Å². The van der Waals surface area contributed by atoms with Crippen LogP contribution < -0.4 is 16.3 Å². The van der Waals surface area contributed by atoms with Crippen molar-refractivity contribution in [2.75, 3.05) is 12.1 Å². The van der Waals surface area contributed by atoms with E-state index in [1.807, 2.05) is 30.3 Å². The molecule has 0 amide bonds. The van der Waals surface area contributed by atoms with Gasteiger partial charge < -0.3 is 0 Å². The minimum absolute atomic E-state index is 0.710. The number of benzene rings is 1. The monoisotopic (exact) mass is 183 g/mol. The molecule has 0 bridgehead atoms. The standard InChI is InChI=1S/C10H10BN3/c1-14(12)10-5-3-7-2-4-8(11)6-9(7)13-10/h2-6H,12H2,1H3. The van der Waals surface area contributed by atoms with Gasteiger partial charge in [-0.15, -0.1) is 0 Å². The highest BCUT2D eigenvalue weighted by atomic mass is 15.4. The first-order valence-electron chi connectivity index (χ1n) is 4.31. The molecule has 68 valence electrons. The molecule has 0 saturated carbocycles. The van der Waals surface area contributed by atoms with Gasteiger partial charge in [0.2, 0.25) is 0 Å². The molecule has 1 aromatic heterocycles. The number of hydrogen-bond donors (Lipinski definition) is 1. The Balaban J connectivity index is 2.63. The molecule has 4 heteroatoms. The maximum atomic E-state index is 5.67. The first-order chi connectivity index (χ1) is 6.66. The Morgan fingerprint density at radius 3 is 2.71 bits per heavy atom. The summed E-state index contributed by atoms with van der Waals surface area (Å²) in [6.07, 6.45) is 0. The Kier molecular flexibility index (Phi) is 2.13. The first kappa shape index (κ1) is 9.03. The van der Waals surface area contributed by atoms with Crippen molar-refractivity contribution in [3.63, 3.8) is 0 Å². The van der Waals surface area contributed by atoms with Gasteiger partial charge in [-0.2, -0.15) is 0 Å².